The minimum absolute atomic E-state index is 0.534. The second-order valence-electron chi connectivity index (χ2n) is 2.71. The number of aromatic nitrogens is 2. The van der Waals surface area contributed by atoms with Crippen LogP contribution >= 0.6 is 12.2 Å². The average Bonchev–Trinajstić information content (AvgIpc) is 2.13. The number of hydrogen-bond acceptors (Lipinski definition) is 3. The Balaban J connectivity index is 3.24. The van der Waals surface area contributed by atoms with Crippen molar-refractivity contribution in [2.45, 2.75) is 0 Å². The van der Waals surface area contributed by atoms with Gasteiger partial charge in [-0.15, -0.1) is 0 Å². The average molecular weight is 213 g/mol. The molecule has 14 heavy (non-hydrogen) atoms. The summed E-state index contributed by atoms with van der Waals surface area (Å²) in [6.07, 6.45) is 1.75. The number of nitrogens with two attached hydrogens (primary N) is 1. The molecule has 6 nitrogen and oxygen atoms in total. The summed E-state index contributed by atoms with van der Waals surface area (Å²) in [4.78, 5) is 10.4. The Bertz CT molecular complexity index is 472. The Morgan fingerprint density at radius 1 is 1.64 bits per heavy atom. The van der Waals surface area contributed by atoms with Crippen LogP contribution in [0.1, 0.15) is 0 Å². The van der Waals surface area contributed by atoms with Crippen LogP contribution in [0.4, 0.5) is 4.79 Å². The van der Waals surface area contributed by atoms with E-state index in [9.17, 15) is 4.79 Å². The highest BCUT2D eigenvalue weighted by molar-refractivity contribution is 7.71. The van der Waals surface area contributed by atoms with Crippen molar-refractivity contribution < 1.29 is 4.79 Å². The van der Waals surface area contributed by atoms with Crippen molar-refractivity contribution >= 4 is 18.2 Å². The zero-order chi connectivity index (χ0) is 10.7. The summed E-state index contributed by atoms with van der Waals surface area (Å²) in [6, 6.07) is 1.01. The molecule has 3 N–H and O–H groups in total. The quantitative estimate of drug-likeness (QED) is 0.491. The molecule has 7 heteroatoms. The molecule has 1 rings (SSSR count). The number of carbonyl (C=O) groups excluding carboxylic acids is 1. The minimum atomic E-state index is -0.704. The lowest BCUT2D eigenvalue weighted by atomic mass is 10.6. The maximum Gasteiger partial charge on any atom is 0.332 e. The van der Waals surface area contributed by atoms with Crippen LogP contribution in [0.5, 0.6) is 0 Å². The number of nitrogens with one attached hydrogen (secondary N) is 1. The van der Waals surface area contributed by atoms with Crippen molar-refractivity contribution in [1.82, 2.24) is 14.6 Å². The summed E-state index contributed by atoms with van der Waals surface area (Å²) in [7, 11) is 3.58. The Morgan fingerprint density at radius 3 is 2.86 bits per heavy atom. The lowest BCUT2D eigenvalue weighted by Gasteiger charge is -2.04. The smallest absolute Gasteiger partial charge is 0.332 e. The molecule has 0 unspecified atom stereocenters. The van der Waals surface area contributed by atoms with Gasteiger partial charge in [0.2, 0.25) is 0 Å². The van der Waals surface area contributed by atoms with Gasteiger partial charge in [-0.2, -0.15) is 5.10 Å². The fraction of sp³-hybridized carbons (Fsp3) is 0.286. The maximum atomic E-state index is 10.4. The van der Waals surface area contributed by atoms with E-state index >= 15 is 0 Å². The van der Waals surface area contributed by atoms with Crippen molar-refractivity contribution in [2.24, 2.45) is 24.9 Å². The molecule has 76 valence electrons. The van der Waals surface area contributed by atoms with Crippen molar-refractivity contribution in [3.63, 3.8) is 0 Å². The van der Waals surface area contributed by atoms with Crippen molar-refractivity contribution in [3.8, 4) is 0 Å². The second kappa shape index (κ2) is 4.05. The summed E-state index contributed by atoms with van der Waals surface area (Å²) in [6.45, 7) is 0. The lowest BCUT2D eigenvalue weighted by molar-refractivity contribution is 0.249. The van der Waals surface area contributed by atoms with Gasteiger partial charge in [-0.05, 0) is 18.3 Å². The molecule has 0 radical (unpaired) electrons. The molecule has 0 aliphatic heterocycles. The maximum absolute atomic E-state index is 10.4. The van der Waals surface area contributed by atoms with E-state index in [1.54, 1.807) is 28.4 Å². The fourth-order valence-corrected chi connectivity index (χ4v) is 1.07. The van der Waals surface area contributed by atoms with Crippen molar-refractivity contribution in [1.29, 1.82) is 0 Å². The molecule has 0 saturated heterocycles. The second-order valence-corrected chi connectivity index (χ2v) is 3.08. The van der Waals surface area contributed by atoms with Crippen LogP contribution in [-0.2, 0) is 14.1 Å². The van der Waals surface area contributed by atoms with Crippen molar-refractivity contribution in [3.05, 3.63) is 22.5 Å². The molecule has 0 aromatic carbocycles. The molecule has 0 spiro atoms. The molecular formula is C7H11N5OS. The predicted molar refractivity (Wildman–Crippen MR) is 53.5 cm³/mol. The monoisotopic (exact) mass is 213 g/mol. The largest absolute Gasteiger partial charge is 0.350 e. The summed E-state index contributed by atoms with van der Waals surface area (Å²) in [5.41, 5.74) is 7.54. The van der Waals surface area contributed by atoms with Crippen LogP contribution in [0, 0.1) is 4.77 Å². The first-order valence-corrected chi connectivity index (χ1v) is 4.25. The molecule has 0 fully saturated rings. The molecule has 0 saturated carbocycles. The normalized spacial score (nSPS) is 11.4. The molecule has 0 atom stereocenters. The van der Waals surface area contributed by atoms with Crippen LogP contribution in [0.2, 0.25) is 0 Å². The Kier molecular flexibility index (Phi) is 3.03. The van der Waals surface area contributed by atoms with Gasteiger partial charge < -0.3 is 14.9 Å². The van der Waals surface area contributed by atoms with E-state index in [2.05, 4.69) is 10.5 Å². The number of hydrogen-bond donors (Lipinski definition) is 2. The molecule has 0 aliphatic carbocycles. The van der Waals surface area contributed by atoms with Gasteiger partial charge in [0.05, 0.1) is 0 Å². The van der Waals surface area contributed by atoms with Crippen LogP contribution < -0.4 is 16.6 Å². The van der Waals surface area contributed by atoms with Gasteiger partial charge in [-0.1, -0.05) is 0 Å². The van der Waals surface area contributed by atoms with E-state index in [0.29, 0.717) is 10.3 Å². The number of nitrogens with zero attached hydrogens (tertiary/aromatic N) is 3. The number of primary amides is 1. The third-order valence-electron chi connectivity index (χ3n) is 1.66. The number of amides is 2. The van der Waals surface area contributed by atoms with E-state index in [1.807, 2.05) is 7.05 Å². The molecule has 2 amide bonds. The Morgan fingerprint density at radius 2 is 2.29 bits per heavy atom. The van der Waals surface area contributed by atoms with E-state index < -0.39 is 6.03 Å². The zero-order valence-corrected chi connectivity index (χ0v) is 8.71. The van der Waals surface area contributed by atoms with Gasteiger partial charge in [0.25, 0.3) is 0 Å². The number of aryl methyl sites for hydroxylation is 1. The van der Waals surface area contributed by atoms with E-state index in [-0.39, 0.29) is 0 Å². The Hall–Kier alpha value is -1.63. The van der Waals surface area contributed by atoms with Gasteiger partial charge in [0.1, 0.15) is 0 Å². The standard InChI is InChI=1S/C7H11N5OS/c1-11-4-3-5(9-10-6(8)13)12(2)7(11)14/h3-4H,1-2H3,(H3,8,10,13). The number of urea groups is 1. The SMILES string of the molecule is Cn1ccc(=NNC(N)=O)n(C)c1=S. The highest BCUT2D eigenvalue weighted by atomic mass is 32.1. The molecule has 1 aromatic rings. The fourth-order valence-electron chi connectivity index (χ4n) is 0.913. The third kappa shape index (κ3) is 2.19. The number of carbonyl (C=O) groups is 1. The first kappa shape index (κ1) is 10.5. The van der Waals surface area contributed by atoms with Crippen molar-refractivity contribution in [2.75, 3.05) is 0 Å². The van der Waals surface area contributed by atoms with Gasteiger partial charge in [-0.25, -0.2) is 10.2 Å². The molecule has 0 aliphatic rings. The summed E-state index contributed by atoms with van der Waals surface area (Å²) >= 11 is 5.08. The first-order valence-electron chi connectivity index (χ1n) is 3.84. The van der Waals surface area contributed by atoms with Gasteiger partial charge in [0.15, 0.2) is 10.3 Å². The van der Waals surface area contributed by atoms with Gasteiger partial charge in [-0.3, -0.25) is 0 Å². The highest BCUT2D eigenvalue weighted by Gasteiger charge is 1.92. The Labute approximate surface area is 85.7 Å². The molecule has 0 bridgehead atoms. The first-order chi connectivity index (χ1) is 6.52. The van der Waals surface area contributed by atoms with Crippen LogP contribution in [-0.4, -0.2) is 15.2 Å². The summed E-state index contributed by atoms with van der Waals surface area (Å²) in [5, 5.41) is 3.77. The van der Waals surface area contributed by atoms with Crippen LogP contribution in [0.3, 0.4) is 0 Å². The zero-order valence-electron chi connectivity index (χ0n) is 7.89. The van der Waals surface area contributed by atoms with Crippen LogP contribution in [0.25, 0.3) is 0 Å². The third-order valence-corrected chi connectivity index (χ3v) is 2.22. The minimum Gasteiger partial charge on any atom is -0.350 e. The summed E-state index contributed by atoms with van der Waals surface area (Å²) < 4.78 is 4.02. The lowest BCUT2D eigenvalue weighted by Crippen LogP contribution is -2.30. The van der Waals surface area contributed by atoms with Gasteiger partial charge >= 0.3 is 6.03 Å². The molecule has 1 aromatic heterocycles. The summed E-state index contributed by atoms with van der Waals surface area (Å²) in [5.74, 6) is 0. The van der Waals surface area contributed by atoms with Gasteiger partial charge in [0, 0.05) is 20.3 Å². The van der Waals surface area contributed by atoms with E-state index in [1.165, 1.54) is 0 Å². The molecule has 1 heterocycles. The highest BCUT2D eigenvalue weighted by Crippen LogP contribution is 1.83. The molecular weight excluding hydrogens is 202 g/mol. The predicted octanol–water partition coefficient (Wildman–Crippen LogP) is -0.423. The van der Waals surface area contributed by atoms with E-state index in [4.69, 9.17) is 18.0 Å². The van der Waals surface area contributed by atoms with Crippen LogP contribution in [0.15, 0.2) is 17.4 Å². The topological polar surface area (TPSA) is 77.3 Å². The number of rotatable bonds is 1. The van der Waals surface area contributed by atoms with E-state index in [0.717, 1.165) is 0 Å².